The Morgan fingerprint density at radius 2 is 1.56 bits per heavy atom. The van der Waals surface area contributed by atoms with Gasteiger partial charge in [-0.25, -0.2) is 9.59 Å². The molecule has 0 spiro atoms. The minimum Gasteiger partial charge on any atom is -0.478 e. The Bertz CT molecular complexity index is 1120. The SMILES string of the molecule is COC(=O)C(Cc1ccc(Cl)cc1)Oc1ccc(N2CCN(CCC3CCN(C(=O)OC(C)(C)C)CC3)CC2)cc1. The first-order chi connectivity index (χ1) is 19.6. The Morgan fingerprint density at radius 3 is 2.15 bits per heavy atom. The second-order valence-corrected chi connectivity index (χ2v) is 12.4. The van der Waals surface area contributed by atoms with Crippen molar-refractivity contribution in [3.8, 4) is 5.75 Å². The van der Waals surface area contributed by atoms with E-state index in [1.54, 1.807) is 12.1 Å². The molecule has 41 heavy (non-hydrogen) atoms. The summed E-state index contributed by atoms with van der Waals surface area (Å²) in [5, 5.41) is 0.651. The molecule has 2 fully saturated rings. The fraction of sp³-hybridized carbons (Fsp3) is 0.562. The molecular formula is C32H44ClN3O5. The van der Waals surface area contributed by atoms with Crippen LogP contribution in [0.4, 0.5) is 10.5 Å². The number of anilines is 1. The number of hydrogen-bond donors (Lipinski definition) is 0. The molecule has 2 heterocycles. The number of carbonyl (C=O) groups excluding carboxylic acids is 2. The van der Waals surface area contributed by atoms with Crippen LogP contribution in [0.3, 0.4) is 0 Å². The van der Waals surface area contributed by atoms with E-state index >= 15 is 0 Å². The summed E-state index contributed by atoms with van der Waals surface area (Å²) < 4.78 is 16.5. The highest BCUT2D eigenvalue weighted by Gasteiger charge is 2.28. The highest BCUT2D eigenvalue weighted by Crippen LogP contribution is 2.25. The molecule has 2 aromatic carbocycles. The number of piperidine rings is 1. The number of piperazine rings is 1. The summed E-state index contributed by atoms with van der Waals surface area (Å²) >= 11 is 5.99. The number of amides is 1. The third-order valence-corrected chi connectivity index (χ3v) is 8.02. The molecule has 4 rings (SSSR count). The maximum atomic E-state index is 12.4. The lowest BCUT2D eigenvalue weighted by molar-refractivity contribution is -0.148. The van der Waals surface area contributed by atoms with Crippen molar-refractivity contribution in [2.24, 2.45) is 5.92 Å². The van der Waals surface area contributed by atoms with Crippen LogP contribution >= 0.6 is 11.6 Å². The first kappa shape index (κ1) is 31.0. The summed E-state index contributed by atoms with van der Waals surface area (Å²) in [5.74, 6) is 0.885. The molecule has 0 aromatic heterocycles. The number of nitrogens with zero attached hydrogens (tertiary/aromatic N) is 3. The lowest BCUT2D eigenvalue weighted by Crippen LogP contribution is -2.47. The normalized spacial score (nSPS) is 17.7. The van der Waals surface area contributed by atoms with E-state index in [-0.39, 0.29) is 6.09 Å². The van der Waals surface area contributed by atoms with E-state index < -0.39 is 17.7 Å². The smallest absolute Gasteiger partial charge is 0.410 e. The predicted octanol–water partition coefficient (Wildman–Crippen LogP) is 5.66. The molecule has 9 heteroatoms. The van der Waals surface area contributed by atoms with Gasteiger partial charge in [0, 0.05) is 56.4 Å². The maximum Gasteiger partial charge on any atom is 0.410 e. The summed E-state index contributed by atoms with van der Waals surface area (Å²) in [7, 11) is 1.37. The van der Waals surface area contributed by atoms with Gasteiger partial charge >= 0.3 is 12.1 Å². The lowest BCUT2D eigenvalue weighted by atomic mass is 9.93. The number of halogens is 1. The van der Waals surface area contributed by atoms with Crippen molar-refractivity contribution >= 4 is 29.4 Å². The minimum absolute atomic E-state index is 0.187. The molecule has 0 bridgehead atoms. The molecule has 1 unspecified atom stereocenters. The van der Waals surface area contributed by atoms with Crippen LogP contribution in [0.5, 0.6) is 5.75 Å². The molecule has 0 radical (unpaired) electrons. The van der Waals surface area contributed by atoms with Crippen molar-refractivity contribution < 1.29 is 23.8 Å². The molecule has 0 aliphatic carbocycles. The Labute approximate surface area is 249 Å². The van der Waals surface area contributed by atoms with Crippen molar-refractivity contribution in [1.82, 2.24) is 9.80 Å². The van der Waals surface area contributed by atoms with Crippen molar-refractivity contribution in [2.75, 3.05) is 57.8 Å². The molecule has 2 aliphatic heterocycles. The fourth-order valence-electron chi connectivity index (χ4n) is 5.36. The standard InChI is InChI=1S/C32H44ClN3O5/c1-32(2,3)41-31(38)36-17-14-24(15-18-36)13-16-34-19-21-35(22-20-34)27-9-11-28(12-10-27)40-29(30(37)39-4)23-25-5-7-26(33)8-6-25/h5-12,24,29H,13-23H2,1-4H3. The number of benzene rings is 2. The molecule has 224 valence electrons. The molecule has 2 aliphatic rings. The quantitative estimate of drug-likeness (QED) is 0.352. The van der Waals surface area contributed by atoms with Gasteiger partial charge in [0.05, 0.1) is 7.11 Å². The molecule has 8 nitrogen and oxygen atoms in total. The minimum atomic E-state index is -0.736. The van der Waals surface area contributed by atoms with Gasteiger partial charge in [-0.2, -0.15) is 0 Å². The van der Waals surface area contributed by atoms with E-state index in [0.717, 1.165) is 69.9 Å². The summed E-state index contributed by atoms with van der Waals surface area (Å²) in [6.07, 6.45) is 2.74. The molecule has 1 atom stereocenters. The first-order valence-electron chi connectivity index (χ1n) is 14.6. The van der Waals surface area contributed by atoms with E-state index in [1.165, 1.54) is 13.5 Å². The van der Waals surface area contributed by atoms with Gasteiger partial charge in [-0.1, -0.05) is 23.7 Å². The van der Waals surface area contributed by atoms with Crippen LogP contribution in [-0.2, 0) is 20.7 Å². The van der Waals surface area contributed by atoms with Crippen molar-refractivity contribution in [3.05, 3.63) is 59.1 Å². The highest BCUT2D eigenvalue weighted by molar-refractivity contribution is 6.30. The number of hydrogen-bond acceptors (Lipinski definition) is 7. The van der Waals surface area contributed by atoms with Crippen molar-refractivity contribution in [2.45, 2.75) is 58.2 Å². The van der Waals surface area contributed by atoms with E-state index in [1.807, 2.05) is 49.9 Å². The van der Waals surface area contributed by atoms with E-state index in [0.29, 0.717) is 23.1 Å². The van der Waals surface area contributed by atoms with E-state index in [4.69, 9.17) is 25.8 Å². The lowest BCUT2D eigenvalue weighted by Gasteiger charge is -2.38. The topological polar surface area (TPSA) is 71.6 Å². The summed E-state index contributed by atoms with van der Waals surface area (Å²) in [4.78, 5) is 31.5. The monoisotopic (exact) mass is 585 g/mol. The number of methoxy groups -OCH3 is 1. The van der Waals surface area contributed by atoms with E-state index in [9.17, 15) is 9.59 Å². The van der Waals surface area contributed by atoms with Gasteiger partial charge in [0.15, 0.2) is 6.10 Å². The van der Waals surface area contributed by atoms with Gasteiger partial charge in [0.25, 0.3) is 0 Å². The summed E-state index contributed by atoms with van der Waals surface area (Å²) in [6, 6.07) is 15.3. The molecule has 1 amide bonds. The molecule has 0 N–H and O–H groups in total. The Kier molecular flexibility index (Phi) is 10.8. The summed E-state index contributed by atoms with van der Waals surface area (Å²) in [5.41, 5.74) is 1.65. The molecule has 2 aromatic rings. The predicted molar refractivity (Wildman–Crippen MR) is 162 cm³/mol. The van der Waals surface area contributed by atoms with Crippen LogP contribution in [0, 0.1) is 5.92 Å². The Hall–Kier alpha value is -2.97. The van der Waals surface area contributed by atoms with Gasteiger partial charge in [0.1, 0.15) is 11.4 Å². The molecule has 0 saturated carbocycles. The fourth-order valence-corrected chi connectivity index (χ4v) is 5.49. The van der Waals surface area contributed by atoms with Crippen molar-refractivity contribution in [1.29, 1.82) is 0 Å². The van der Waals surface area contributed by atoms with Crippen LogP contribution in [0.25, 0.3) is 0 Å². The van der Waals surface area contributed by atoms with E-state index in [2.05, 4.69) is 21.9 Å². The zero-order valence-corrected chi connectivity index (χ0v) is 25.6. The third kappa shape index (κ3) is 9.54. The second-order valence-electron chi connectivity index (χ2n) is 12.0. The van der Waals surface area contributed by atoms with Gasteiger partial charge in [-0.05, 0) is 94.5 Å². The number of ether oxygens (including phenoxy) is 3. The van der Waals surface area contributed by atoms with Gasteiger partial charge in [-0.3, -0.25) is 4.90 Å². The molecule has 2 saturated heterocycles. The average molecular weight is 586 g/mol. The van der Waals surface area contributed by atoms with Crippen LogP contribution < -0.4 is 9.64 Å². The third-order valence-electron chi connectivity index (χ3n) is 7.77. The summed E-state index contributed by atoms with van der Waals surface area (Å²) in [6.45, 7) is 12.4. The highest BCUT2D eigenvalue weighted by atomic mass is 35.5. The van der Waals surface area contributed by atoms with Crippen LogP contribution in [-0.4, -0.2) is 86.5 Å². The van der Waals surface area contributed by atoms with Crippen LogP contribution in [0.2, 0.25) is 5.02 Å². The largest absolute Gasteiger partial charge is 0.478 e. The zero-order valence-electron chi connectivity index (χ0n) is 24.8. The number of esters is 1. The second kappa shape index (κ2) is 14.3. The Balaban J connectivity index is 1.19. The maximum absolute atomic E-state index is 12.4. The first-order valence-corrected chi connectivity index (χ1v) is 15.0. The average Bonchev–Trinajstić information content (AvgIpc) is 2.96. The number of rotatable bonds is 9. The number of carbonyl (C=O) groups is 2. The van der Waals surface area contributed by atoms with Gasteiger partial charge in [0.2, 0.25) is 0 Å². The van der Waals surface area contributed by atoms with Crippen LogP contribution in [0.1, 0.15) is 45.6 Å². The zero-order chi connectivity index (χ0) is 29.4. The van der Waals surface area contributed by atoms with Crippen molar-refractivity contribution in [3.63, 3.8) is 0 Å². The van der Waals surface area contributed by atoms with Gasteiger partial charge in [-0.15, -0.1) is 0 Å². The molecular weight excluding hydrogens is 542 g/mol. The Morgan fingerprint density at radius 1 is 0.927 bits per heavy atom. The number of likely N-dealkylation sites (tertiary alicyclic amines) is 1. The van der Waals surface area contributed by atoms with Crippen LogP contribution in [0.15, 0.2) is 48.5 Å². The van der Waals surface area contributed by atoms with Gasteiger partial charge < -0.3 is 24.0 Å².